The van der Waals surface area contributed by atoms with Crippen LogP contribution in [0.4, 0.5) is 23.2 Å². The summed E-state index contributed by atoms with van der Waals surface area (Å²) < 4.78 is 48.3. The zero-order valence-electron chi connectivity index (χ0n) is 17.4. The van der Waals surface area contributed by atoms with Crippen molar-refractivity contribution < 1.29 is 32.3 Å². The van der Waals surface area contributed by atoms with E-state index in [0.717, 1.165) is 24.8 Å². The fourth-order valence-corrected chi connectivity index (χ4v) is 4.61. The molecule has 1 aromatic carbocycles. The molecule has 0 spiro atoms. The number of halogens is 4. The number of fused-ring (bicyclic) bond motifs is 5. The summed E-state index contributed by atoms with van der Waals surface area (Å²) in [6.07, 6.45) is -1.63. The van der Waals surface area contributed by atoms with Crippen molar-refractivity contribution in [3.63, 3.8) is 0 Å². The Labute approximate surface area is 185 Å². The van der Waals surface area contributed by atoms with Gasteiger partial charge in [-0.3, -0.25) is 9.59 Å². The van der Waals surface area contributed by atoms with E-state index in [1.165, 1.54) is 12.3 Å². The van der Waals surface area contributed by atoms with E-state index in [2.05, 4.69) is 5.32 Å². The molecule has 8 nitrogen and oxygen atoms in total. The molecule has 3 aliphatic rings. The Balaban J connectivity index is 0.000000385. The van der Waals surface area contributed by atoms with E-state index >= 15 is 4.39 Å². The SMILES string of the molecule is N[C@H]1C[C@H]2CNCc3c(c(F)cc4c(=O)c(C(=O)O)cn(C5CC5)c34)N2C1.O=CC(F)(F)F. The number of carbonyl (C=O) groups is 2. The molecular formula is C21H22F4N4O4. The maximum absolute atomic E-state index is 15.2. The minimum absolute atomic E-state index is 0.0159. The van der Waals surface area contributed by atoms with Crippen molar-refractivity contribution in [2.75, 3.05) is 18.0 Å². The largest absolute Gasteiger partial charge is 0.477 e. The van der Waals surface area contributed by atoms with Crippen LogP contribution < -0.4 is 21.4 Å². The second kappa shape index (κ2) is 8.41. The van der Waals surface area contributed by atoms with Crippen molar-refractivity contribution in [1.82, 2.24) is 9.88 Å². The van der Waals surface area contributed by atoms with E-state index in [1.807, 2.05) is 9.47 Å². The topological polar surface area (TPSA) is 118 Å². The molecule has 2 aromatic rings. The van der Waals surface area contributed by atoms with Gasteiger partial charge >= 0.3 is 12.1 Å². The highest BCUT2D eigenvalue weighted by Crippen LogP contribution is 2.42. The third kappa shape index (κ3) is 4.44. The lowest BCUT2D eigenvalue weighted by atomic mass is 10.0. The molecule has 0 radical (unpaired) electrons. The molecular weight excluding hydrogens is 448 g/mol. The van der Waals surface area contributed by atoms with Crippen LogP contribution in [0, 0.1) is 5.82 Å². The fourth-order valence-electron chi connectivity index (χ4n) is 4.61. The van der Waals surface area contributed by atoms with Gasteiger partial charge in [-0.15, -0.1) is 0 Å². The van der Waals surface area contributed by atoms with E-state index < -0.39 is 29.7 Å². The van der Waals surface area contributed by atoms with Crippen LogP contribution in [-0.2, 0) is 11.3 Å². The van der Waals surface area contributed by atoms with E-state index in [-0.39, 0.29) is 29.1 Å². The van der Waals surface area contributed by atoms with Crippen molar-refractivity contribution in [1.29, 1.82) is 0 Å². The van der Waals surface area contributed by atoms with Crippen LogP contribution in [0.25, 0.3) is 10.9 Å². The molecule has 0 bridgehead atoms. The van der Waals surface area contributed by atoms with Gasteiger partial charge in [0.25, 0.3) is 0 Å². The summed E-state index contributed by atoms with van der Waals surface area (Å²) in [5.74, 6) is -1.77. The normalized spacial score (nSPS) is 22.2. The quantitative estimate of drug-likeness (QED) is 0.454. The van der Waals surface area contributed by atoms with Crippen LogP contribution in [0.1, 0.15) is 41.2 Å². The molecule has 33 heavy (non-hydrogen) atoms. The number of nitrogens with zero attached hydrogens (tertiary/aromatic N) is 2. The lowest BCUT2D eigenvalue weighted by molar-refractivity contribution is -0.156. The van der Waals surface area contributed by atoms with Gasteiger partial charge in [0.2, 0.25) is 11.7 Å². The predicted molar refractivity (Wildman–Crippen MR) is 111 cm³/mol. The third-order valence-electron chi connectivity index (χ3n) is 6.06. The summed E-state index contributed by atoms with van der Waals surface area (Å²) in [5, 5.41) is 12.9. The molecule has 2 atom stereocenters. The van der Waals surface area contributed by atoms with Gasteiger partial charge in [0.1, 0.15) is 11.4 Å². The van der Waals surface area contributed by atoms with Crippen LogP contribution >= 0.6 is 0 Å². The van der Waals surface area contributed by atoms with Gasteiger partial charge < -0.3 is 25.6 Å². The molecule has 1 saturated carbocycles. The van der Waals surface area contributed by atoms with Crippen molar-refractivity contribution in [2.24, 2.45) is 5.73 Å². The summed E-state index contributed by atoms with van der Waals surface area (Å²) in [7, 11) is 0. The second-order valence-electron chi connectivity index (χ2n) is 8.49. The summed E-state index contributed by atoms with van der Waals surface area (Å²) >= 11 is 0. The average Bonchev–Trinajstić information content (AvgIpc) is 3.53. The Morgan fingerprint density at radius 1 is 1.27 bits per heavy atom. The van der Waals surface area contributed by atoms with E-state index in [0.29, 0.717) is 30.8 Å². The number of aromatic carboxylic acids is 1. The summed E-state index contributed by atoms with van der Waals surface area (Å²) in [6, 6.07) is 1.47. The van der Waals surface area contributed by atoms with E-state index in [1.54, 1.807) is 0 Å². The number of pyridine rings is 1. The molecule has 5 rings (SSSR count). The van der Waals surface area contributed by atoms with Gasteiger partial charge in [0.15, 0.2) is 0 Å². The zero-order valence-corrected chi connectivity index (χ0v) is 17.4. The highest BCUT2D eigenvalue weighted by Gasteiger charge is 2.37. The number of alkyl halides is 3. The Morgan fingerprint density at radius 2 is 1.94 bits per heavy atom. The summed E-state index contributed by atoms with van der Waals surface area (Å²) in [4.78, 5) is 35.0. The van der Waals surface area contributed by atoms with E-state index in [4.69, 9.17) is 10.5 Å². The zero-order chi connectivity index (χ0) is 24.1. The third-order valence-corrected chi connectivity index (χ3v) is 6.06. The van der Waals surface area contributed by atoms with Crippen LogP contribution in [0.3, 0.4) is 0 Å². The molecule has 3 heterocycles. The highest BCUT2D eigenvalue weighted by atomic mass is 19.4. The summed E-state index contributed by atoms with van der Waals surface area (Å²) in [5.41, 5.74) is 7.06. The Hall–Kier alpha value is -2.99. The van der Waals surface area contributed by atoms with Gasteiger partial charge in [0.05, 0.1) is 11.2 Å². The molecule has 1 aromatic heterocycles. The monoisotopic (exact) mass is 470 g/mol. The molecule has 0 amide bonds. The molecule has 178 valence electrons. The Bertz CT molecular complexity index is 1180. The number of nitrogens with two attached hydrogens (primary N) is 1. The number of rotatable bonds is 2. The first-order valence-corrected chi connectivity index (χ1v) is 10.4. The Morgan fingerprint density at radius 3 is 2.52 bits per heavy atom. The molecule has 4 N–H and O–H groups in total. The number of aldehydes is 1. The smallest absolute Gasteiger partial charge is 0.446 e. The molecule has 1 saturated heterocycles. The number of benzene rings is 1. The van der Waals surface area contributed by atoms with Gasteiger partial charge in [-0.05, 0) is 25.3 Å². The minimum Gasteiger partial charge on any atom is -0.477 e. The highest BCUT2D eigenvalue weighted by molar-refractivity contribution is 5.95. The summed E-state index contributed by atoms with van der Waals surface area (Å²) in [6.45, 7) is 1.71. The van der Waals surface area contributed by atoms with Crippen molar-refractivity contribution in [2.45, 2.75) is 50.1 Å². The van der Waals surface area contributed by atoms with Crippen molar-refractivity contribution in [3.8, 4) is 0 Å². The van der Waals surface area contributed by atoms with Crippen LogP contribution in [-0.4, -0.2) is 53.3 Å². The number of nitrogens with one attached hydrogen (secondary N) is 1. The number of carboxylic acid groups (broad SMARTS) is 1. The fraction of sp³-hybridized carbons (Fsp3) is 0.476. The maximum atomic E-state index is 15.2. The van der Waals surface area contributed by atoms with E-state index in [9.17, 15) is 27.9 Å². The van der Waals surface area contributed by atoms with Crippen molar-refractivity contribution >= 4 is 28.8 Å². The number of hydrogen-bond acceptors (Lipinski definition) is 6. The predicted octanol–water partition coefficient (Wildman–Crippen LogP) is 1.93. The van der Waals surface area contributed by atoms with Gasteiger partial charge in [0, 0.05) is 54.9 Å². The number of anilines is 1. The number of hydrogen-bond donors (Lipinski definition) is 3. The number of carbonyl (C=O) groups excluding carboxylic acids is 1. The second-order valence-corrected chi connectivity index (χ2v) is 8.49. The first-order valence-electron chi connectivity index (χ1n) is 10.4. The van der Waals surface area contributed by atoms with Crippen LogP contribution in [0.15, 0.2) is 17.1 Å². The van der Waals surface area contributed by atoms with Crippen LogP contribution in [0.5, 0.6) is 0 Å². The standard InChI is InChI=1S/C19H21FN4O3.C2HF3O/c20-15-4-12-16(24(10-1-2-10)8-14(18(12)25)19(26)27)13-6-22-5-11-3-9(21)7-23(11)17(13)15;3-2(4,5)1-6/h4,8-11,22H,1-3,5-7,21H2,(H,26,27);1H/t9-,11-;/m0./s1. The number of aromatic nitrogens is 1. The Kier molecular flexibility index (Phi) is 5.91. The molecule has 1 aliphatic carbocycles. The lowest BCUT2D eigenvalue weighted by Crippen LogP contribution is -2.35. The van der Waals surface area contributed by atoms with Crippen molar-refractivity contribution in [3.05, 3.63) is 39.4 Å². The number of carboxylic acids is 1. The molecule has 2 fully saturated rings. The maximum Gasteiger partial charge on any atom is 0.446 e. The molecule has 2 aliphatic heterocycles. The van der Waals surface area contributed by atoms with Gasteiger partial charge in [-0.2, -0.15) is 13.2 Å². The van der Waals surface area contributed by atoms with Gasteiger partial charge in [-0.1, -0.05) is 0 Å². The molecule has 12 heteroatoms. The minimum atomic E-state index is -4.64. The first kappa shape index (κ1) is 23.2. The lowest BCUT2D eigenvalue weighted by Gasteiger charge is -2.27. The van der Waals surface area contributed by atoms with Crippen LogP contribution in [0.2, 0.25) is 0 Å². The average molecular weight is 470 g/mol. The first-order chi connectivity index (χ1) is 15.5. The molecule has 0 unspecified atom stereocenters. The van der Waals surface area contributed by atoms with Gasteiger partial charge in [-0.25, -0.2) is 9.18 Å².